The van der Waals surface area contributed by atoms with Crippen molar-refractivity contribution in [3.05, 3.63) is 35.5 Å². The minimum absolute atomic E-state index is 0.0229. The minimum Gasteiger partial charge on any atom is -0.380 e. The summed E-state index contributed by atoms with van der Waals surface area (Å²) in [6, 6.07) is 8.23. The molecule has 0 aromatic carbocycles. The number of hydrogen-bond acceptors (Lipinski definition) is 8. The predicted octanol–water partition coefficient (Wildman–Crippen LogP) is 5.23. The van der Waals surface area contributed by atoms with Gasteiger partial charge in [-0.15, -0.1) is 0 Å². The van der Waals surface area contributed by atoms with Gasteiger partial charge in [0, 0.05) is 36.7 Å². The van der Waals surface area contributed by atoms with Crippen molar-refractivity contribution in [2.75, 3.05) is 50.2 Å². The van der Waals surface area contributed by atoms with Gasteiger partial charge in [0.2, 0.25) is 0 Å². The first-order valence-corrected chi connectivity index (χ1v) is 13.3. The summed E-state index contributed by atoms with van der Waals surface area (Å²) in [4.78, 5) is 14.0. The highest BCUT2D eigenvalue weighted by Gasteiger charge is 2.29. The monoisotopic (exact) mass is 515 g/mol. The molecular formula is C27H38ClN5O3. The summed E-state index contributed by atoms with van der Waals surface area (Å²) in [5.41, 5.74) is 2.67. The summed E-state index contributed by atoms with van der Waals surface area (Å²) in [6.07, 6.45) is 5.76. The first-order chi connectivity index (χ1) is 17.4. The third-order valence-electron chi connectivity index (χ3n) is 6.32. The molecule has 8 nitrogen and oxygen atoms in total. The van der Waals surface area contributed by atoms with Crippen LogP contribution in [0.15, 0.2) is 35.5 Å². The van der Waals surface area contributed by atoms with Crippen molar-refractivity contribution in [1.29, 1.82) is 0 Å². The van der Waals surface area contributed by atoms with Crippen LogP contribution in [0.5, 0.6) is 0 Å². The highest BCUT2D eigenvalue weighted by atomic mass is 35.5. The summed E-state index contributed by atoms with van der Waals surface area (Å²) < 4.78 is 17.1. The minimum atomic E-state index is -0.274. The Labute approximate surface area is 219 Å². The molecule has 1 saturated heterocycles. The van der Waals surface area contributed by atoms with Crippen LogP contribution >= 0.6 is 11.6 Å². The lowest BCUT2D eigenvalue weighted by Crippen LogP contribution is -2.45. The molecule has 0 bridgehead atoms. The Hall–Kier alpha value is -2.26. The third kappa shape index (κ3) is 7.87. The van der Waals surface area contributed by atoms with E-state index < -0.39 is 0 Å². The molecule has 0 amide bonds. The quantitative estimate of drug-likeness (QED) is 0.418. The van der Waals surface area contributed by atoms with E-state index in [2.05, 4.69) is 20.6 Å². The highest BCUT2D eigenvalue weighted by Crippen LogP contribution is 2.30. The number of nitrogens with one attached hydrogen (secondary N) is 2. The lowest BCUT2D eigenvalue weighted by Gasteiger charge is -2.36. The van der Waals surface area contributed by atoms with Crippen LogP contribution in [0.2, 0.25) is 5.02 Å². The average Bonchev–Trinajstić information content (AvgIpc) is 2.87. The summed E-state index contributed by atoms with van der Waals surface area (Å²) in [6.45, 7) is 10.1. The van der Waals surface area contributed by atoms with Crippen molar-refractivity contribution in [1.82, 2.24) is 9.97 Å². The van der Waals surface area contributed by atoms with Gasteiger partial charge in [-0.3, -0.25) is 4.99 Å². The van der Waals surface area contributed by atoms with E-state index in [1.165, 1.54) is 5.71 Å². The predicted molar refractivity (Wildman–Crippen MR) is 145 cm³/mol. The molecule has 196 valence electrons. The number of rotatable bonds is 10. The van der Waals surface area contributed by atoms with Crippen LogP contribution < -0.4 is 10.6 Å². The number of hydrogen-bond donors (Lipinski definition) is 2. The topological polar surface area (TPSA) is 89.9 Å². The van der Waals surface area contributed by atoms with Crippen LogP contribution in [0.1, 0.15) is 46.5 Å². The van der Waals surface area contributed by atoms with E-state index in [0.29, 0.717) is 37.4 Å². The fourth-order valence-electron chi connectivity index (χ4n) is 4.55. The van der Waals surface area contributed by atoms with Gasteiger partial charge < -0.3 is 24.8 Å². The molecule has 1 saturated carbocycles. The molecule has 2 N–H and O–H groups in total. The van der Waals surface area contributed by atoms with Crippen molar-refractivity contribution in [2.45, 2.75) is 64.2 Å². The van der Waals surface area contributed by atoms with E-state index >= 15 is 0 Å². The molecule has 2 aromatic heterocycles. The number of pyridine rings is 2. The Morgan fingerprint density at radius 1 is 1.22 bits per heavy atom. The first kappa shape index (κ1) is 26.8. The zero-order valence-corrected chi connectivity index (χ0v) is 22.3. The summed E-state index contributed by atoms with van der Waals surface area (Å²) in [5.74, 6) is 1.58. The van der Waals surface area contributed by atoms with Crippen molar-refractivity contribution >= 4 is 28.9 Å². The van der Waals surface area contributed by atoms with Crippen molar-refractivity contribution in [2.24, 2.45) is 4.99 Å². The standard InChI is InChI=1S/C27H38ClN5O3/c1-4-34-13-12-29-19-8-10-20(11-9-19)32-26-14-22(23(28)16-31-26)24-6-5-7-25(33-24)30-15-21-17-35-18-27(2,3)36-21/h5-7,14,16,20-21H,4,8-13,15,17-18H2,1-3H3,(H,30,33)(H,31,32). The molecule has 2 aromatic rings. The molecule has 3 heterocycles. The van der Waals surface area contributed by atoms with E-state index in [0.717, 1.165) is 61.7 Å². The average molecular weight is 516 g/mol. The maximum atomic E-state index is 6.53. The number of aliphatic imine (C=N–C) groups is 1. The largest absolute Gasteiger partial charge is 0.380 e. The second kappa shape index (κ2) is 12.8. The third-order valence-corrected chi connectivity index (χ3v) is 6.62. The SMILES string of the molecule is CCOCCN=C1CCC(Nc2cc(-c3cccc(NCC4COCC(C)(C)O4)n3)c(Cl)cn2)CC1. The van der Waals surface area contributed by atoms with Crippen molar-refractivity contribution in [3.8, 4) is 11.3 Å². The maximum absolute atomic E-state index is 6.53. The van der Waals surface area contributed by atoms with Crippen molar-refractivity contribution in [3.63, 3.8) is 0 Å². The van der Waals surface area contributed by atoms with Gasteiger partial charge >= 0.3 is 0 Å². The molecule has 36 heavy (non-hydrogen) atoms. The van der Waals surface area contributed by atoms with Gasteiger partial charge in [0.25, 0.3) is 0 Å². The summed E-state index contributed by atoms with van der Waals surface area (Å²) in [5, 5.41) is 7.53. The van der Waals surface area contributed by atoms with Gasteiger partial charge in [-0.05, 0) is 64.7 Å². The fraction of sp³-hybridized carbons (Fsp3) is 0.593. The second-order valence-electron chi connectivity index (χ2n) is 9.92. The van der Waals surface area contributed by atoms with Gasteiger partial charge in [0.15, 0.2) is 0 Å². The Balaban J connectivity index is 1.34. The Morgan fingerprint density at radius 2 is 2.06 bits per heavy atom. The van der Waals surface area contributed by atoms with Crippen LogP contribution in [0.4, 0.5) is 11.6 Å². The number of anilines is 2. The van der Waals surface area contributed by atoms with Gasteiger partial charge in [-0.1, -0.05) is 17.7 Å². The lowest BCUT2D eigenvalue weighted by molar-refractivity contribution is -0.177. The fourth-order valence-corrected chi connectivity index (χ4v) is 4.75. The smallest absolute Gasteiger partial charge is 0.126 e. The lowest BCUT2D eigenvalue weighted by atomic mass is 9.93. The molecule has 1 aliphatic heterocycles. The van der Waals surface area contributed by atoms with Crippen LogP contribution in [-0.4, -0.2) is 72.9 Å². The molecule has 1 unspecified atom stereocenters. The molecule has 0 radical (unpaired) electrons. The van der Waals surface area contributed by atoms with E-state index in [4.69, 9.17) is 30.8 Å². The molecular weight excluding hydrogens is 478 g/mol. The molecule has 4 rings (SSSR count). The molecule has 1 atom stereocenters. The van der Waals surface area contributed by atoms with Gasteiger partial charge in [0.1, 0.15) is 11.6 Å². The van der Waals surface area contributed by atoms with Crippen LogP contribution in [0.3, 0.4) is 0 Å². The summed E-state index contributed by atoms with van der Waals surface area (Å²) >= 11 is 6.53. The van der Waals surface area contributed by atoms with Gasteiger partial charge in [0.05, 0.1) is 48.8 Å². The number of halogens is 1. The molecule has 0 spiro atoms. The van der Waals surface area contributed by atoms with Gasteiger partial charge in [-0.25, -0.2) is 9.97 Å². The number of ether oxygens (including phenoxy) is 3. The molecule has 2 fully saturated rings. The Morgan fingerprint density at radius 3 is 2.83 bits per heavy atom. The van der Waals surface area contributed by atoms with E-state index in [1.54, 1.807) is 6.20 Å². The highest BCUT2D eigenvalue weighted by molar-refractivity contribution is 6.33. The summed E-state index contributed by atoms with van der Waals surface area (Å²) in [7, 11) is 0. The van der Waals surface area contributed by atoms with Crippen LogP contribution in [-0.2, 0) is 14.2 Å². The maximum Gasteiger partial charge on any atom is 0.126 e. The van der Waals surface area contributed by atoms with Crippen LogP contribution in [0.25, 0.3) is 11.3 Å². The van der Waals surface area contributed by atoms with E-state index in [-0.39, 0.29) is 11.7 Å². The molecule has 2 aliphatic rings. The second-order valence-corrected chi connectivity index (χ2v) is 10.3. The zero-order valence-electron chi connectivity index (χ0n) is 21.6. The van der Waals surface area contributed by atoms with Crippen LogP contribution in [0, 0.1) is 0 Å². The Bertz CT molecular complexity index is 1020. The Kier molecular flexibility index (Phi) is 9.53. The number of aromatic nitrogens is 2. The normalized spacial score (nSPS) is 21.7. The van der Waals surface area contributed by atoms with E-state index in [9.17, 15) is 0 Å². The first-order valence-electron chi connectivity index (χ1n) is 12.9. The van der Waals surface area contributed by atoms with Gasteiger partial charge in [-0.2, -0.15) is 0 Å². The molecule has 1 aliphatic carbocycles. The molecule has 9 heteroatoms. The van der Waals surface area contributed by atoms with Crippen molar-refractivity contribution < 1.29 is 14.2 Å². The number of nitrogens with zero attached hydrogens (tertiary/aromatic N) is 3. The van der Waals surface area contributed by atoms with E-state index in [1.807, 2.05) is 45.0 Å². The zero-order chi connectivity index (χ0) is 25.4.